The molecule has 0 aliphatic heterocycles. The molecule has 0 N–H and O–H groups in total. The molecule has 0 unspecified atom stereocenters. The molecule has 0 amide bonds. The van der Waals surface area contributed by atoms with Crippen LogP contribution in [0.4, 0.5) is 86.8 Å². The molecule has 0 aliphatic carbocycles. The van der Waals surface area contributed by atoms with Crippen molar-refractivity contribution in [2.24, 2.45) is 0 Å². The van der Waals surface area contributed by atoms with Gasteiger partial charge in [0.1, 0.15) is 0 Å². The molecule has 0 saturated carbocycles. The molecule has 3 nitrogen and oxygen atoms in total. The lowest BCUT2D eigenvalue weighted by molar-refractivity contribution is -0.138. The molecule has 11 aromatic rings. The van der Waals surface area contributed by atoms with E-state index in [0.29, 0.717) is 22.3 Å². The highest BCUT2D eigenvalue weighted by molar-refractivity contribution is 6.32. The van der Waals surface area contributed by atoms with Crippen LogP contribution in [0.5, 0.6) is 0 Å². The molecule has 2 heterocycles. The van der Waals surface area contributed by atoms with Crippen LogP contribution in [0.3, 0.4) is 0 Å². The van der Waals surface area contributed by atoms with E-state index in [0.717, 1.165) is 97.3 Å². The standard InChI is InChI=1S/C54H29F12N3/c55-51(56,57)33-6-15-37(16-7-33)67(38-17-8-34(9-18-38)52(58,59)60)41-14-5-32-26-45-43-24-23-42(68(39-19-10-35(11-20-39)53(61,62)63)40-21-12-36(13-22-40)54(64,65)66)29-48(43)69-47-27-31-4-2-1-3-30(31)25-46(47)49(50(45)69)44(32)28-41/h1-29H. The molecule has 344 valence electrons. The SMILES string of the molecule is FC(F)(F)c1ccc(N(c2ccc(C(F)(F)F)cc2)c2ccc3cc4c5ccc(N(c6ccc(C(F)(F)F)cc6)c6ccc(C(F)(F)F)cc6)cc5n5c6cc7ccccc7cc6c(c3c2)c45)cc1. The van der Waals surface area contributed by atoms with Crippen LogP contribution >= 0.6 is 0 Å². The summed E-state index contributed by atoms with van der Waals surface area (Å²) in [4.78, 5) is 3.15. The Bertz CT molecular complexity index is 3480. The Morgan fingerprint density at radius 1 is 0.290 bits per heavy atom. The second-order valence-corrected chi connectivity index (χ2v) is 16.7. The molecule has 0 spiro atoms. The Balaban J connectivity index is 1.16. The number of hydrogen-bond acceptors (Lipinski definition) is 2. The van der Waals surface area contributed by atoms with Crippen molar-refractivity contribution in [2.75, 3.05) is 9.80 Å². The highest BCUT2D eigenvalue weighted by atomic mass is 19.4. The van der Waals surface area contributed by atoms with Gasteiger partial charge in [-0.15, -0.1) is 0 Å². The molecule has 69 heavy (non-hydrogen) atoms. The maximum atomic E-state index is 13.7. The molecule has 0 bridgehead atoms. The number of benzene rings is 9. The zero-order valence-electron chi connectivity index (χ0n) is 35.1. The smallest absolute Gasteiger partial charge is 0.310 e. The van der Waals surface area contributed by atoms with E-state index in [2.05, 4.69) is 4.40 Å². The van der Waals surface area contributed by atoms with Gasteiger partial charge in [-0.2, -0.15) is 52.7 Å². The van der Waals surface area contributed by atoms with E-state index in [9.17, 15) is 52.7 Å². The predicted octanol–water partition coefficient (Wildman–Crippen LogP) is 18.2. The molecule has 11 rings (SSSR count). The van der Waals surface area contributed by atoms with Crippen LogP contribution in [-0.4, -0.2) is 4.40 Å². The maximum Gasteiger partial charge on any atom is 0.416 e. The van der Waals surface area contributed by atoms with E-state index < -0.39 is 47.0 Å². The fourth-order valence-electron chi connectivity index (χ4n) is 9.37. The van der Waals surface area contributed by atoms with Crippen LogP contribution in [0, 0.1) is 0 Å². The topological polar surface area (TPSA) is 10.9 Å². The average molecular weight is 948 g/mol. The van der Waals surface area contributed by atoms with E-state index in [-0.39, 0.29) is 22.7 Å². The molecule has 0 saturated heterocycles. The predicted molar refractivity (Wildman–Crippen MR) is 245 cm³/mol. The van der Waals surface area contributed by atoms with E-state index in [1.807, 2.05) is 66.7 Å². The van der Waals surface area contributed by atoms with Gasteiger partial charge in [0.05, 0.1) is 38.8 Å². The van der Waals surface area contributed by atoms with Gasteiger partial charge < -0.3 is 14.2 Å². The van der Waals surface area contributed by atoms with Crippen LogP contribution < -0.4 is 9.80 Å². The first-order valence-corrected chi connectivity index (χ1v) is 21.1. The van der Waals surface area contributed by atoms with E-state index >= 15 is 0 Å². The molecule has 2 aromatic heterocycles. The fourth-order valence-corrected chi connectivity index (χ4v) is 9.37. The Labute approximate surface area is 382 Å². The molecule has 0 fully saturated rings. The van der Waals surface area contributed by atoms with Crippen LogP contribution in [-0.2, 0) is 24.7 Å². The number of halogens is 12. The van der Waals surface area contributed by atoms with E-state index in [1.165, 1.54) is 48.5 Å². The zero-order chi connectivity index (χ0) is 48.4. The summed E-state index contributed by atoms with van der Waals surface area (Å²) in [6.45, 7) is 0. The van der Waals surface area contributed by atoms with Gasteiger partial charge in [0.2, 0.25) is 0 Å². The van der Waals surface area contributed by atoms with Gasteiger partial charge in [-0.3, -0.25) is 0 Å². The first-order valence-electron chi connectivity index (χ1n) is 21.1. The molecule has 15 heteroatoms. The number of aromatic nitrogens is 1. The number of rotatable bonds is 6. The van der Waals surface area contributed by atoms with Gasteiger partial charge in [0, 0.05) is 55.7 Å². The third-order valence-electron chi connectivity index (χ3n) is 12.5. The maximum absolute atomic E-state index is 13.7. The van der Waals surface area contributed by atoms with E-state index in [4.69, 9.17) is 0 Å². The average Bonchev–Trinajstić information content (AvgIpc) is 3.81. The van der Waals surface area contributed by atoms with Crippen molar-refractivity contribution in [3.8, 4) is 0 Å². The third-order valence-corrected chi connectivity index (χ3v) is 12.5. The summed E-state index contributed by atoms with van der Waals surface area (Å²) in [6, 6.07) is 41.8. The first-order chi connectivity index (χ1) is 32.7. The Morgan fingerprint density at radius 2 is 0.652 bits per heavy atom. The summed E-state index contributed by atoms with van der Waals surface area (Å²) < 4.78 is 167. The second kappa shape index (κ2) is 15.3. The number of anilines is 6. The van der Waals surface area contributed by atoms with Gasteiger partial charge in [0.25, 0.3) is 0 Å². The van der Waals surface area contributed by atoms with E-state index in [1.54, 1.807) is 21.9 Å². The number of alkyl halides is 12. The van der Waals surface area contributed by atoms with Crippen LogP contribution in [0.1, 0.15) is 22.3 Å². The second-order valence-electron chi connectivity index (χ2n) is 16.7. The quantitative estimate of drug-likeness (QED) is 0.154. The number of hydrogen-bond donors (Lipinski definition) is 0. The molecule has 9 aromatic carbocycles. The van der Waals surface area contributed by atoms with Crippen molar-refractivity contribution in [3.05, 3.63) is 198 Å². The number of fused-ring (bicyclic) bond motifs is 9. The Hall–Kier alpha value is -7.94. The van der Waals surface area contributed by atoms with Crippen molar-refractivity contribution in [1.29, 1.82) is 0 Å². The number of nitrogens with zero attached hydrogens (tertiary/aromatic N) is 3. The highest BCUT2D eigenvalue weighted by Gasteiger charge is 2.34. The van der Waals surface area contributed by atoms with Crippen molar-refractivity contribution < 1.29 is 52.7 Å². The van der Waals surface area contributed by atoms with Gasteiger partial charge >= 0.3 is 24.7 Å². The molecule has 0 atom stereocenters. The normalized spacial score (nSPS) is 12.9. The molecule has 0 aliphatic rings. The van der Waals surface area contributed by atoms with Gasteiger partial charge in [-0.25, -0.2) is 0 Å². The summed E-state index contributed by atoms with van der Waals surface area (Å²) in [6.07, 6.45) is -18.6. The summed E-state index contributed by atoms with van der Waals surface area (Å²) in [7, 11) is 0. The summed E-state index contributed by atoms with van der Waals surface area (Å²) >= 11 is 0. The lowest BCUT2D eigenvalue weighted by Gasteiger charge is -2.26. The monoisotopic (exact) mass is 947 g/mol. The fraction of sp³-hybridized carbons (Fsp3) is 0.0741. The van der Waals surface area contributed by atoms with Crippen molar-refractivity contribution in [1.82, 2.24) is 4.40 Å². The largest absolute Gasteiger partial charge is 0.416 e. The van der Waals surface area contributed by atoms with Crippen molar-refractivity contribution in [2.45, 2.75) is 24.7 Å². The summed E-state index contributed by atoms with van der Waals surface area (Å²) in [5.74, 6) is 0. The lowest BCUT2D eigenvalue weighted by atomic mass is 9.98. The van der Waals surface area contributed by atoms with Crippen molar-refractivity contribution in [3.63, 3.8) is 0 Å². The molecular weight excluding hydrogens is 919 g/mol. The first kappa shape index (κ1) is 43.6. The van der Waals surface area contributed by atoms with Crippen molar-refractivity contribution >= 4 is 93.8 Å². The lowest BCUT2D eigenvalue weighted by Crippen LogP contribution is -2.12. The molecular formula is C54H29F12N3. The minimum absolute atomic E-state index is 0.246. The minimum atomic E-state index is -4.64. The molecule has 0 radical (unpaired) electrons. The Kier molecular flexibility index (Phi) is 9.66. The minimum Gasteiger partial charge on any atom is -0.310 e. The highest BCUT2D eigenvalue weighted by Crippen LogP contribution is 2.48. The van der Waals surface area contributed by atoms with Crippen LogP contribution in [0.25, 0.3) is 59.6 Å². The van der Waals surface area contributed by atoms with Crippen LogP contribution in [0.2, 0.25) is 0 Å². The zero-order valence-corrected chi connectivity index (χ0v) is 35.1. The third kappa shape index (κ3) is 7.43. The van der Waals surface area contributed by atoms with Gasteiger partial charge in [-0.05, 0) is 161 Å². The summed E-state index contributed by atoms with van der Waals surface area (Å²) in [5, 5.41) is 6.43. The summed E-state index contributed by atoms with van der Waals surface area (Å²) in [5.41, 5.74) is 0.398. The van der Waals surface area contributed by atoms with Gasteiger partial charge in [-0.1, -0.05) is 36.4 Å². The Morgan fingerprint density at radius 3 is 1.09 bits per heavy atom. The van der Waals surface area contributed by atoms with Crippen LogP contribution in [0.15, 0.2) is 176 Å². The van der Waals surface area contributed by atoms with Gasteiger partial charge in [0.15, 0.2) is 0 Å².